The SMILES string of the molecule is C1=C/CCCCCCCCCCCCCCCCCCCCCCCC/1. The van der Waals surface area contributed by atoms with Crippen LogP contribution in [-0.2, 0) is 0 Å². The van der Waals surface area contributed by atoms with Gasteiger partial charge in [-0.2, -0.15) is 0 Å². The molecule has 0 heteroatoms. The van der Waals surface area contributed by atoms with E-state index in [9.17, 15) is 0 Å². The smallest absolute Gasteiger partial charge is 0.0351 e. The van der Waals surface area contributed by atoms with Crippen LogP contribution in [0.4, 0.5) is 0 Å². The van der Waals surface area contributed by atoms with E-state index in [2.05, 4.69) is 12.2 Å². The molecule has 0 spiro atoms. The zero-order valence-corrected chi connectivity index (χ0v) is 18.1. The highest BCUT2D eigenvalue weighted by molar-refractivity contribution is 4.81. The molecule has 0 amide bonds. The van der Waals surface area contributed by atoms with E-state index in [1.165, 1.54) is 154 Å². The van der Waals surface area contributed by atoms with Gasteiger partial charge in [-0.05, 0) is 25.7 Å². The number of hydrogen-bond donors (Lipinski definition) is 0. The summed E-state index contributed by atoms with van der Waals surface area (Å²) in [6.07, 6.45) is 40.0. The summed E-state index contributed by atoms with van der Waals surface area (Å²) in [7, 11) is 0. The molecule has 0 atom stereocenters. The first-order valence-corrected chi connectivity index (χ1v) is 12.6. The third-order valence-corrected chi connectivity index (χ3v) is 6.16. The fourth-order valence-electron chi connectivity index (χ4n) is 4.30. The van der Waals surface area contributed by atoms with Crippen LogP contribution in [0.5, 0.6) is 0 Å². The predicted molar refractivity (Wildman–Crippen MR) is 120 cm³/mol. The first-order chi connectivity index (χ1) is 13.0. The summed E-state index contributed by atoms with van der Waals surface area (Å²) in [5, 5.41) is 0. The quantitative estimate of drug-likeness (QED) is 0.376. The van der Waals surface area contributed by atoms with E-state index in [1.54, 1.807) is 0 Å². The lowest BCUT2D eigenvalue weighted by molar-refractivity contribution is 0.518. The summed E-state index contributed by atoms with van der Waals surface area (Å²) < 4.78 is 0. The van der Waals surface area contributed by atoms with Crippen LogP contribution in [0.15, 0.2) is 12.2 Å². The monoisotopic (exact) mass is 362 g/mol. The lowest BCUT2D eigenvalue weighted by Crippen LogP contribution is -1.84. The first-order valence-electron chi connectivity index (χ1n) is 12.6. The van der Waals surface area contributed by atoms with Crippen LogP contribution >= 0.6 is 0 Å². The van der Waals surface area contributed by atoms with Crippen molar-refractivity contribution in [1.82, 2.24) is 0 Å². The molecule has 0 saturated carbocycles. The van der Waals surface area contributed by atoms with E-state index < -0.39 is 0 Å². The van der Waals surface area contributed by atoms with Crippen LogP contribution in [0, 0.1) is 0 Å². The average molecular weight is 363 g/mol. The van der Waals surface area contributed by atoms with Gasteiger partial charge in [0.2, 0.25) is 0 Å². The third kappa shape index (κ3) is 18.5. The third-order valence-electron chi connectivity index (χ3n) is 6.16. The van der Waals surface area contributed by atoms with E-state index in [1.807, 2.05) is 0 Å². The van der Waals surface area contributed by atoms with Gasteiger partial charge in [0.25, 0.3) is 0 Å². The molecule has 0 saturated heterocycles. The maximum atomic E-state index is 2.45. The minimum atomic E-state index is 1.32. The summed E-state index contributed by atoms with van der Waals surface area (Å²) in [6, 6.07) is 0. The molecule has 0 radical (unpaired) electrons. The van der Waals surface area contributed by atoms with Crippen molar-refractivity contribution < 1.29 is 0 Å². The lowest BCUT2D eigenvalue weighted by Gasteiger charge is -2.04. The molecule has 0 aromatic rings. The molecule has 0 aliphatic heterocycles. The van der Waals surface area contributed by atoms with Gasteiger partial charge in [0.05, 0.1) is 0 Å². The highest BCUT2D eigenvalue weighted by Gasteiger charge is 1.96. The molecule has 0 aromatic carbocycles. The Labute approximate surface area is 166 Å². The van der Waals surface area contributed by atoms with E-state index in [0.717, 1.165) is 0 Å². The summed E-state index contributed by atoms with van der Waals surface area (Å²) in [4.78, 5) is 0. The highest BCUT2D eigenvalue weighted by atomic mass is 14.0. The Morgan fingerprint density at radius 2 is 0.346 bits per heavy atom. The molecule has 1 aliphatic rings. The second-order valence-corrected chi connectivity index (χ2v) is 8.83. The van der Waals surface area contributed by atoms with Crippen molar-refractivity contribution in [2.75, 3.05) is 0 Å². The maximum Gasteiger partial charge on any atom is -0.0351 e. The molecule has 0 bridgehead atoms. The Kier molecular flexibility index (Phi) is 19.2. The molecule has 0 nitrogen and oxygen atoms in total. The Morgan fingerprint density at radius 3 is 0.538 bits per heavy atom. The topological polar surface area (TPSA) is 0 Å². The van der Waals surface area contributed by atoms with Gasteiger partial charge in [-0.25, -0.2) is 0 Å². The first kappa shape index (κ1) is 23.8. The number of allylic oxidation sites excluding steroid dienone is 2. The molecule has 0 unspecified atom stereocenters. The summed E-state index contributed by atoms with van der Waals surface area (Å²) in [5.41, 5.74) is 0. The van der Waals surface area contributed by atoms with Gasteiger partial charge in [-0.3, -0.25) is 0 Å². The fraction of sp³-hybridized carbons (Fsp3) is 0.923. The molecule has 0 heterocycles. The van der Waals surface area contributed by atoms with Crippen molar-refractivity contribution in [2.24, 2.45) is 0 Å². The van der Waals surface area contributed by atoms with E-state index in [0.29, 0.717) is 0 Å². The van der Waals surface area contributed by atoms with Crippen LogP contribution in [0.1, 0.15) is 154 Å². The standard InChI is InChI=1S/C26H50/c1-2-4-6-8-10-12-14-16-18-20-22-24-26-25-23-21-19-17-15-13-11-9-7-5-3-1/h1-2H,3-26H2/b2-1+. The zero-order chi connectivity index (χ0) is 18.4. The van der Waals surface area contributed by atoms with Crippen LogP contribution in [0.3, 0.4) is 0 Å². The van der Waals surface area contributed by atoms with E-state index >= 15 is 0 Å². The fourth-order valence-corrected chi connectivity index (χ4v) is 4.30. The van der Waals surface area contributed by atoms with Gasteiger partial charge < -0.3 is 0 Å². The highest BCUT2D eigenvalue weighted by Crippen LogP contribution is 2.16. The van der Waals surface area contributed by atoms with Gasteiger partial charge in [0.1, 0.15) is 0 Å². The summed E-state index contributed by atoms with van der Waals surface area (Å²) in [6.45, 7) is 0. The summed E-state index contributed by atoms with van der Waals surface area (Å²) in [5.74, 6) is 0. The molecule has 0 aromatic heterocycles. The van der Waals surface area contributed by atoms with Gasteiger partial charge in [-0.15, -0.1) is 0 Å². The number of hydrogen-bond acceptors (Lipinski definition) is 0. The van der Waals surface area contributed by atoms with Crippen LogP contribution in [0.2, 0.25) is 0 Å². The molecule has 1 aliphatic carbocycles. The molecule has 26 heavy (non-hydrogen) atoms. The zero-order valence-electron chi connectivity index (χ0n) is 18.1. The Bertz CT molecular complexity index is 250. The van der Waals surface area contributed by atoms with E-state index in [-0.39, 0.29) is 0 Å². The van der Waals surface area contributed by atoms with Gasteiger partial charge in [-0.1, -0.05) is 141 Å². The largest absolute Gasteiger partial charge is 0.0885 e. The van der Waals surface area contributed by atoms with Gasteiger partial charge in [0.15, 0.2) is 0 Å². The van der Waals surface area contributed by atoms with Crippen molar-refractivity contribution in [3.63, 3.8) is 0 Å². The van der Waals surface area contributed by atoms with Gasteiger partial charge >= 0.3 is 0 Å². The summed E-state index contributed by atoms with van der Waals surface area (Å²) >= 11 is 0. The Morgan fingerprint density at radius 1 is 0.192 bits per heavy atom. The molecular formula is C26H50. The van der Waals surface area contributed by atoms with Gasteiger partial charge in [0, 0.05) is 0 Å². The second-order valence-electron chi connectivity index (χ2n) is 8.83. The average Bonchev–Trinajstić information content (AvgIpc) is 2.65. The van der Waals surface area contributed by atoms with Crippen LogP contribution in [0.25, 0.3) is 0 Å². The normalized spacial score (nSPS) is 24.6. The minimum absolute atomic E-state index is 1.32. The molecule has 1 rings (SSSR count). The van der Waals surface area contributed by atoms with Crippen molar-refractivity contribution >= 4 is 0 Å². The van der Waals surface area contributed by atoms with Crippen molar-refractivity contribution in [1.29, 1.82) is 0 Å². The lowest BCUT2D eigenvalue weighted by atomic mass is 10.0. The predicted octanol–water partition coefficient (Wildman–Crippen LogP) is 9.92. The van der Waals surface area contributed by atoms with Crippen LogP contribution in [-0.4, -0.2) is 0 Å². The minimum Gasteiger partial charge on any atom is -0.0885 e. The Hall–Kier alpha value is -0.260. The maximum absolute atomic E-state index is 2.45. The van der Waals surface area contributed by atoms with Crippen molar-refractivity contribution in [2.45, 2.75) is 154 Å². The molecule has 0 fully saturated rings. The molecule has 0 N–H and O–H groups in total. The van der Waals surface area contributed by atoms with E-state index in [4.69, 9.17) is 0 Å². The Balaban J connectivity index is 2.04. The van der Waals surface area contributed by atoms with Crippen LogP contribution < -0.4 is 0 Å². The van der Waals surface area contributed by atoms with Crippen molar-refractivity contribution in [3.8, 4) is 0 Å². The van der Waals surface area contributed by atoms with Crippen molar-refractivity contribution in [3.05, 3.63) is 12.2 Å². The number of rotatable bonds is 0. The molecule has 154 valence electrons. The second kappa shape index (κ2) is 21.0. The molecular weight excluding hydrogens is 312 g/mol.